The molecule has 1 aliphatic heterocycles. The smallest absolute Gasteiger partial charge is 0.412 e. The van der Waals surface area contributed by atoms with Crippen molar-refractivity contribution in [3.8, 4) is 5.75 Å². The summed E-state index contributed by atoms with van der Waals surface area (Å²) in [6.45, 7) is 5.31. The lowest BCUT2D eigenvalue weighted by Crippen LogP contribution is -2.54. The summed E-state index contributed by atoms with van der Waals surface area (Å²) in [4.78, 5) is 49.5. The zero-order valence-corrected chi connectivity index (χ0v) is 37.5. The molecule has 5 rings (SSSR count). The Morgan fingerprint density at radius 2 is 1.65 bits per heavy atom. The fourth-order valence-corrected chi connectivity index (χ4v) is 7.57. The maximum atomic E-state index is 13.1. The number of amides is 3. The highest BCUT2D eigenvalue weighted by Gasteiger charge is 2.39. The molecule has 0 spiro atoms. The number of anilines is 2. The largest absolute Gasteiger partial charge is 0.465 e. The molecule has 65 heavy (non-hydrogen) atoms. The van der Waals surface area contributed by atoms with Crippen molar-refractivity contribution in [2.75, 3.05) is 57.3 Å². The van der Waals surface area contributed by atoms with E-state index in [0.717, 1.165) is 42.4 Å². The second kappa shape index (κ2) is 25.2. The molecular weight excluding hydrogens is 860 g/mol. The summed E-state index contributed by atoms with van der Waals surface area (Å²) in [6, 6.07) is 23.3. The van der Waals surface area contributed by atoms with E-state index in [1.807, 2.05) is 66.4 Å². The number of carboxylic acid groups (broad SMARTS) is 1. The number of nitrogen functional groups attached to an aromatic ring is 2. The van der Waals surface area contributed by atoms with Gasteiger partial charge in [0.25, 0.3) is 5.91 Å². The Bertz CT molecular complexity index is 2140. The van der Waals surface area contributed by atoms with Gasteiger partial charge in [0.15, 0.2) is 28.8 Å². The Kier molecular flexibility index (Phi) is 19.5. The van der Waals surface area contributed by atoms with E-state index in [9.17, 15) is 34.8 Å². The van der Waals surface area contributed by atoms with Gasteiger partial charge in [-0.1, -0.05) is 105 Å². The van der Waals surface area contributed by atoms with Crippen LogP contribution in [0.5, 0.6) is 5.75 Å². The summed E-state index contributed by atoms with van der Waals surface area (Å²) in [5, 5.41) is 48.5. The monoisotopic (exact) mass is 920 g/mol. The van der Waals surface area contributed by atoms with E-state index < -0.39 is 48.8 Å². The second-order valence-corrected chi connectivity index (χ2v) is 16.5. The van der Waals surface area contributed by atoms with E-state index in [4.69, 9.17) is 37.3 Å². The normalized spacial score (nSPS) is 17.5. The summed E-state index contributed by atoms with van der Waals surface area (Å²) in [5.41, 5.74) is 14.7. The number of carbonyl (C=O) groups excluding carboxylic acids is 2. The number of unbranched alkanes of at least 4 members (excludes halogenated alkanes) is 3. The van der Waals surface area contributed by atoms with Gasteiger partial charge in [0.2, 0.25) is 0 Å². The number of aryl methyl sites for hydroxylation is 1. The van der Waals surface area contributed by atoms with Crippen molar-refractivity contribution in [2.24, 2.45) is 5.92 Å². The lowest BCUT2D eigenvalue weighted by Gasteiger charge is -2.38. The minimum atomic E-state index is -1.41. The third-order valence-corrected chi connectivity index (χ3v) is 11.3. The predicted molar refractivity (Wildman–Crippen MR) is 244 cm³/mol. The molecule has 352 valence electrons. The Morgan fingerprint density at radius 1 is 0.923 bits per heavy atom. The van der Waals surface area contributed by atoms with E-state index in [0.29, 0.717) is 25.1 Å². The van der Waals surface area contributed by atoms with Gasteiger partial charge in [-0.2, -0.15) is 0 Å². The fourth-order valence-electron chi connectivity index (χ4n) is 7.44. The summed E-state index contributed by atoms with van der Waals surface area (Å²) >= 11 is 5.98. The van der Waals surface area contributed by atoms with Crippen molar-refractivity contribution in [3.05, 3.63) is 112 Å². The zero-order valence-electron chi connectivity index (χ0n) is 36.7. The third-order valence-electron chi connectivity index (χ3n) is 11.0. The predicted octanol–water partition coefficient (Wildman–Crippen LogP) is 4.54. The Hall–Kier alpha value is -5.60. The number of nitrogens with one attached hydrogen (secondary N) is 2. The molecule has 10 N–H and O–H groups in total. The first-order valence-corrected chi connectivity index (χ1v) is 22.1. The molecule has 4 aromatic rings. The molecule has 0 saturated carbocycles. The van der Waals surface area contributed by atoms with Gasteiger partial charge in [0.05, 0.1) is 12.7 Å². The minimum Gasteiger partial charge on any atom is -0.465 e. The van der Waals surface area contributed by atoms with Crippen LogP contribution in [0.2, 0.25) is 5.15 Å². The van der Waals surface area contributed by atoms with Crippen LogP contribution in [0.3, 0.4) is 0 Å². The number of hydrogen-bond acceptors (Lipinski definition) is 14. The van der Waals surface area contributed by atoms with Crippen LogP contribution in [0.15, 0.2) is 78.9 Å². The first-order chi connectivity index (χ1) is 31.2. The molecule has 1 aromatic heterocycles. The lowest BCUT2D eigenvalue weighted by atomic mass is 9.95. The van der Waals surface area contributed by atoms with Gasteiger partial charge >= 0.3 is 12.2 Å². The molecule has 3 aromatic carbocycles. The summed E-state index contributed by atoms with van der Waals surface area (Å²) in [5.74, 6) is -1.08. The highest BCUT2D eigenvalue weighted by Crippen LogP contribution is 2.29. The molecular formula is C46H61ClN8O10. The second-order valence-electron chi connectivity index (χ2n) is 16.1. The average molecular weight is 921 g/mol. The molecule has 0 radical (unpaired) electrons. The Labute approximate surface area is 383 Å². The number of hydrogen-bond donors (Lipinski definition) is 8. The Morgan fingerprint density at radius 3 is 2.35 bits per heavy atom. The fraction of sp³-hybridized carbons (Fsp3) is 0.457. The number of rotatable bonds is 23. The molecule has 6 atom stereocenters. The number of aliphatic hydroxyl groups is 3. The number of aromatic nitrogens is 2. The van der Waals surface area contributed by atoms with Crippen molar-refractivity contribution in [1.29, 1.82) is 0 Å². The molecule has 0 aliphatic carbocycles. The molecule has 1 aliphatic rings. The van der Waals surface area contributed by atoms with E-state index in [1.54, 1.807) is 24.3 Å². The van der Waals surface area contributed by atoms with Crippen molar-refractivity contribution < 1.29 is 49.0 Å². The standard InChI is InChI=1S/C46H61ClN8O10/c1-3-4-5-11-21-54(27-35(56)38(58)39-36(57)28-63-44(65-39)32-13-7-6-8-14-32)22-20-50-45(60)64-34-18-16-30(17-19-34)25-55(46(61)62)26-31(23-33-15-10-9-12-29(33)2)24-51-43(59)37-41(48)53-42(49)40(47)52-37/h6-10,12-19,31,35-36,38-39,44,56-58H,3-5,11,20-28H2,1-2H3,(H,50,60)(H,51,59)(H,61,62)(H4,48,49,53)/t31-,35+,36+,38+,39+,44+/m0/s1. The maximum Gasteiger partial charge on any atom is 0.412 e. The van der Waals surface area contributed by atoms with Crippen molar-refractivity contribution in [2.45, 2.75) is 83.2 Å². The van der Waals surface area contributed by atoms with Crippen LogP contribution in [0.4, 0.5) is 21.2 Å². The molecule has 0 bridgehead atoms. The molecule has 0 unspecified atom stereocenters. The van der Waals surface area contributed by atoms with Crippen LogP contribution in [-0.4, -0.2) is 129 Å². The quantitative estimate of drug-likeness (QED) is 0.0475. The van der Waals surface area contributed by atoms with Crippen molar-refractivity contribution in [1.82, 2.24) is 30.4 Å². The number of benzene rings is 3. The number of ether oxygens (including phenoxy) is 3. The van der Waals surface area contributed by atoms with Crippen molar-refractivity contribution >= 4 is 41.3 Å². The molecule has 3 amide bonds. The summed E-state index contributed by atoms with van der Waals surface area (Å²) < 4.78 is 17.1. The van der Waals surface area contributed by atoms with Crippen LogP contribution < -0.4 is 26.8 Å². The van der Waals surface area contributed by atoms with E-state index in [2.05, 4.69) is 27.5 Å². The first-order valence-electron chi connectivity index (χ1n) is 21.7. The molecule has 2 heterocycles. The van der Waals surface area contributed by atoms with E-state index in [-0.39, 0.29) is 73.5 Å². The van der Waals surface area contributed by atoms with E-state index >= 15 is 0 Å². The molecule has 1 saturated heterocycles. The van der Waals surface area contributed by atoms with Crippen LogP contribution in [-0.2, 0) is 22.4 Å². The van der Waals surface area contributed by atoms with Gasteiger partial charge < -0.3 is 61.6 Å². The lowest BCUT2D eigenvalue weighted by molar-refractivity contribution is -0.283. The van der Waals surface area contributed by atoms with Gasteiger partial charge in [-0.25, -0.2) is 19.6 Å². The van der Waals surface area contributed by atoms with Gasteiger partial charge in [0.1, 0.15) is 24.1 Å². The highest BCUT2D eigenvalue weighted by atomic mass is 35.5. The average Bonchev–Trinajstić information content (AvgIpc) is 3.29. The number of nitrogens with two attached hydrogens (primary N) is 2. The van der Waals surface area contributed by atoms with Gasteiger partial charge in [-0.3, -0.25) is 9.69 Å². The summed E-state index contributed by atoms with van der Waals surface area (Å²) in [7, 11) is 0. The van der Waals surface area contributed by atoms with Crippen LogP contribution in [0.1, 0.15) is 71.6 Å². The van der Waals surface area contributed by atoms with Gasteiger partial charge in [-0.05, 0) is 61.1 Å². The molecule has 1 fully saturated rings. The SMILES string of the molecule is CCCCCCN(CCNC(=O)Oc1ccc(CN(C[C@H](CNC(=O)c2nc(Cl)c(N)nc2N)Cc2ccccc2C)C(=O)O)cc1)C[C@@H](O)[C@@H](O)[C@@H]1O[C@H](c2ccccc2)OC[C@H]1O. The molecule has 18 nitrogen and oxygen atoms in total. The topological polar surface area (TPSA) is 268 Å². The third kappa shape index (κ3) is 15.5. The molecule has 19 heteroatoms. The highest BCUT2D eigenvalue weighted by molar-refractivity contribution is 6.31. The van der Waals surface area contributed by atoms with Crippen LogP contribution in [0.25, 0.3) is 0 Å². The van der Waals surface area contributed by atoms with Gasteiger partial charge in [-0.15, -0.1) is 0 Å². The van der Waals surface area contributed by atoms with E-state index in [1.165, 1.54) is 4.90 Å². The first kappa shape index (κ1) is 50.4. The number of carbonyl (C=O) groups is 3. The number of nitrogens with zero attached hydrogens (tertiary/aromatic N) is 4. The summed E-state index contributed by atoms with van der Waals surface area (Å²) in [6.07, 6.45) is -3.24. The minimum absolute atomic E-state index is 0.00782. The van der Waals surface area contributed by atoms with Crippen LogP contribution >= 0.6 is 11.6 Å². The Balaban J connectivity index is 1.14. The van der Waals surface area contributed by atoms with Crippen molar-refractivity contribution in [3.63, 3.8) is 0 Å². The van der Waals surface area contributed by atoms with Crippen LogP contribution in [0, 0.1) is 12.8 Å². The maximum absolute atomic E-state index is 13.1. The van der Waals surface area contributed by atoms with Gasteiger partial charge in [0, 0.05) is 44.8 Å². The zero-order chi connectivity index (χ0) is 46.9. The number of halogens is 1. The number of aliphatic hydroxyl groups excluding tert-OH is 3.